The number of ether oxygens (including phenoxy) is 4. The van der Waals surface area contributed by atoms with Crippen LogP contribution in [0.3, 0.4) is 0 Å². The number of methoxy groups -OCH3 is 2. The maximum atomic E-state index is 13.1. The zero-order valence-electron chi connectivity index (χ0n) is 19.6. The molecule has 0 unspecified atom stereocenters. The van der Waals surface area contributed by atoms with Crippen LogP contribution in [0.5, 0.6) is 11.6 Å². The second kappa shape index (κ2) is 9.77. The summed E-state index contributed by atoms with van der Waals surface area (Å²) < 4.78 is 24.1. The number of aromatic nitrogens is 3. The number of hydrogen-bond acceptors (Lipinski definition) is 9. The Morgan fingerprint density at radius 3 is 2.97 bits per heavy atom. The van der Waals surface area contributed by atoms with Gasteiger partial charge in [0.2, 0.25) is 0 Å². The first kappa shape index (κ1) is 22.9. The van der Waals surface area contributed by atoms with E-state index >= 15 is 0 Å². The Kier molecular flexibility index (Phi) is 6.39. The van der Waals surface area contributed by atoms with Crippen molar-refractivity contribution in [3.8, 4) is 28.8 Å². The van der Waals surface area contributed by atoms with Gasteiger partial charge in [0.05, 0.1) is 50.4 Å². The fourth-order valence-electron chi connectivity index (χ4n) is 4.48. The highest BCUT2D eigenvalue weighted by Crippen LogP contribution is 2.33. The molecule has 0 spiro atoms. The molecule has 2 aliphatic rings. The van der Waals surface area contributed by atoms with Crippen LogP contribution in [0.2, 0.25) is 0 Å². The molecule has 1 saturated heterocycles. The van der Waals surface area contributed by atoms with Crippen molar-refractivity contribution in [2.45, 2.75) is 18.6 Å². The molecule has 1 fully saturated rings. The lowest BCUT2D eigenvalue weighted by Crippen LogP contribution is -2.41. The van der Waals surface area contributed by atoms with Crippen LogP contribution in [0.4, 0.5) is 5.69 Å². The zero-order valence-corrected chi connectivity index (χ0v) is 19.6. The number of nitriles is 1. The minimum absolute atomic E-state index is 0.0801. The lowest BCUT2D eigenvalue weighted by molar-refractivity contribution is -0.138. The molecule has 35 heavy (non-hydrogen) atoms. The van der Waals surface area contributed by atoms with Crippen LogP contribution in [-0.4, -0.2) is 84.7 Å². The van der Waals surface area contributed by atoms with Crippen LogP contribution in [0, 0.1) is 11.3 Å². The Morgan fingerprint density at radius 1 is 1.29 bits per heavy atom. The van der Waals surface area contributed by atoms with Crippen molar-refractivity contribution < 1.29 is 23.7 Å². The summed E-state index contributed by atoms with van der Waals surface area (Å²) in [6.45, 7) is 1.94. The topological polar surface area (TPSA) is 123 Å². The Morgan fingerprint density at radius 2 is 2.17 bits per heavy atom. The van der Waals surface area contributed by atoms with Crippen LogP contribution in [-0.2, 0) is 14.3 Å². The number of amides is 1. The quantitative estimate of drug-likeness (QED) is 0.546. The van der Waals surface area contributed by atoms with Gasteiger partial charge in [-0.05, 0) is 23.8 Å². The van der Waals surface area contributed by atoms with Gasteiger partial charge in [0.15, 0.2) is 11.4 Å². The van der Waals surface area contributed by atoms with Gasteiger partial charge in [0.25, 0.3) is 11.8 Å². The van der Waals surface area contributed by atoms with Crippen LogP contribution >= 0.6 is 0 Å². The smallest absolute Gasteiger partial charge is 0.260 e. The molecule has 182 valence electrons. The lowest BCUT2D eigenvalue weighted by atomic mass is 10.0. The molecular formula is C24H26N6O5. The van der Waals surface area contributed by atoms with E-state index in [1.165, 1.54) is 7.11 Å². The normalized spacial score (nSPS) is 19.6. The fourth-order valence-corrected chi connectivity index (χ4v) is 4.48. The summed E-state index contributed by atoms with van der Waals surface area (Å²) in [5.41, 5.74) is 3.40. The van der Waals surface area contributed by atoms with Crippen molar-refractivity contribution in [1.29, 1.82) is 5.26 Å². The molecule has 4 heterocycles. The maximum Gasteiger partial charge on any atom is 0.260 e. The molecule has 11 heteroatoms. The van der Waals surface area contributed by atoms with E-state index in [9.17, 15) is 10.1 Å². The average molecular weight is 479 g/mol. The monoisotopic (exact) mass is 478 g/mol. The predicted molar refractivity (Wildman–Crippen MR) is 125 cm³/mol. The Hall–Kier alpha value is -3.88. The molecule has 0 aliphatic carbocycles. The fraction of sp³-hybridized carbons (Fsp3) is 0.417. The highest BCUT2D eigenvalue weighted by atomic mass is 16.5. The molecule has 4 bridgehead atoms. The van der Waals surface area contributed by atoms with Crippen molar-refractivity contribution in [3.63, 3.8) is 0 Å². The third kappa shape index (κ3) is 4.45. The average Bonchev–Trinajstić information content (AvgIpc) is 3.42. The number of anilines is 1. The van der Waals surface area contributed by atoms with E-state index < -0.39 is 6.10 Å². The van der Waals surface area contributed by atoms with E-state index in [0.29, 0.717) is 55.6 Å². The Bertz CT molecular complexity index is 1290. The maximum absolute atomic E-state index is 13.1. The van der Waals surface area contributed by atoms with Crippen LogP contribution in [0.1, 0.15) is 12.0 Å². The molecule has 11 nitrogen and oxygen atoms in total. The molecule has 1 N–H and O–H groups in total. The second-order valence-electron chi connectivity index (χ2n) is 8.36. The SMILES string of the molecule is COCCO[C@@H]1C[C@H]2COc3nc4c(cnn4cc3OC)-c3cc(C#N)cc(c3)NCCN2C1=O. The standard InChI is InChI=1S/C24H26N6O5/c1-32-5-6-34-20-10-18-14-35-23-21(33-2)13-30-22(28-23)19(12-27-30)16-7-15(11-25)8-17(9-16)26-3-4-29(18)24(20)31/h7-9,12-13,18,20,26H,3-6,10,14H2,1-2H3/t18-,20+/m0/s1. The Labute approximate surface area is 202 Å². The number of nitrogens with zero attached hydrogens (tertiary/aromatic N) is 5. The molecule has 1 amide bonds. The summed E-state index contributed by atoms with van der Waals surface area (Å²) in [5.74, 6) is 0.657. The van der Waals surface area contributed by atoms with Crippen molar-refractivity contribution in [1.82, 2.24) is 19.5 Å². The first-order valence-corrected chi connectivity index (χ1v) is 11.4. The van der Waals surface area contributed by atoms with Crippen molar-refractivity contribution in [3.05, 3.63) is 36.2 Å². The summed E-state index contributed by atoms with van der Waals surface area (Å²) in [6.07, 6.45) is 3.35. The van der Waals surface area contributed by atoms with Gasteiger partial charge >= 0.3 is 0 Å². The summed E-state index contributed by atoms with van der Waals surface area (Å²) in [7, 11) is 3.13. The van der Waals surface area contributed by atoms with E-state index in [0.717, 1.165) is 16.8 Å². The number of rotatable bonds is 5. The van der Waals surface area contributed by atoms with E-state index in [4.69, 9.17) is 23.9 Å². The largest absolute Gasteiger partial charge is 0.490 e. The summed E-state index contributed by atoms with van der Waals surface area (Å²) >= 11 is 0. The number of carbonyl (C=O) groups is 1. The molecule has 2 aromatic heterocycles. The zero-order chi connectivity index (χ0) is 24.4. The molecule has 2 atom stereocenters. The number of carbonyl (C=O) groups excluding carboxylic acids is 1. The van der Waals surface area contributed by atoms with Gasteiger partial charge in [0, 0.05) is 37.9 Å². The highest BCUT2D eigenvalue weighted by molar-refractivity contribution is 5.84. The van der Waals surface area contributed by atoms with Crippen LogP contribution in [0.25, 0.3) is 16.8 Å². The summed E-state index contributed by atoms with van der Waals surface area (Å²) in [6, 6.07) is 7.53. The van der Waals surface area contributed by atoms with E-state index in [-0.39, 0.29) is 18.6 Å². The number of benzene rings is 1. The molecule has 0 radical (unpaired) electrons. The predicted octanol–water partition coefficient (Wildman–Crippen LogP) is 1.71. The van der Waals surface area contributed by atoms with Gasteiger partial charge in [-0.3, -0.25) is 4.79 Å². The highest BCUT2D eigenvalue weighted by Gasteiger charge is 2.40. The van der Waals surface area contributed by atoms with E-state index in [1.807, 2.05) is 6.07 Å². The first-order valence-electron chi connectivity index (χ1n) is 11.4. The van der Waals surface area contributed by atoms with Crippen LogP contribution in [0.15, 0.2) is 30.6 Å². The van der Waals surface area contributed by atoms with Gasteiger partial charge in [-0.25, -0.2) is 4.52 Å². The minimum Gasteiger partial charge on any atom is -0.490 e. The van der Waals surface area contributed by atoms with Crippen molar-refractivity contribution in [2.24, 2.45) is 0 Å². The van der Waals surface area contributed by atoms with Crippen molar-refractivity contribution in [2.75, 3.05) is 52.4 Å². The molecule has 2 aliphatic heterocycles. The van der Waals surface area contributed by atoms with E-state index in [1.54, 1.807) is 41.1 Å². The second-order valence-corrected chi connectivity index (χ2v) is 8.36. The van der Waals surface area contributed by atoms with Gasteiger partial charge in [-0.2, -0.15) is 15.3 Å². The van der Waals surface area contributed by atoms with Gasteiger partial charge in [-0.1, -0.05) is 0 Å². The molecule has 3 aromatic rings. The molecular weight excluding hydrogens is 452 g/mol. The lowest BCUT2D eigenvalue weighted by Gasteiger charge is -2.25. The van der Waals surface area contributed by atoms with Gasteiger partial charge in [0.1, 0.15) is 12.7 Å². The van der Waals surface area contributed by atoms with Gasteiger partial charge in [-0.15, -0.1) is 0 Å². The number of fused-ring (bicyclic) bond motifs is 5. The van der Waals surface area contributed by atoms with Gasteiger partial charge < -0.3 is 29.2 Å². The van der Waals surface area contributed by atoms with Crippen LogP contribution < -0.4 is 14.8 Å². The summed E-state index contributed by atoms with van der Waals surface area (Å²) in [5, 5.41) is 17.3. The Balaban J connectivity index is 1.54. The minimum atomic E-state index is -0.554. The first-order chi connectivity index (χ1) is 17.1. The third-order valence-corrected chi connectivity index (χ3v) is 6.21. The third-order valence-electron chi connectivity index (χ3n) is 6.21. The summed E-state index contributed by atoms with van der Waals surface area (Å²) in [4.78, 5) is 19.6. The number of nitrogens with one attached hydrogen (secondary N) is 1. The molecule has 0 saturated carbocycles. The van der Waals surface area contributed by atoms with Crippen molar-refractivity contribution >= 4 is 17.2 Å². The number of hydrogen-bond donors (Lipinski definition) is 1. The molecule has 1 aromatic carbocycles. The molecule has 5 rings (SSSR count). The van der Waals surface area contributed by atoms with E-state index in [2.05, 4.69) is 16.5 Å².